The highest BCUT2D eigenvalue weighted by Crippen LogP contribution is 2.28. The first kappa shape index (κ1) is 20.4. The highest BCUT2D eigenvalue weighted by Gasteiger charge is 2.26. The minimum atomic E-state index is -0.233. The van der Waals surface area contributed by atoms with Gasteiger partial charge in [-0.3, -0.25) is 9.69 Å². The van der Waals surface area contributed by atoms with E-state index >= 15 is 0 Å². The van der Waals surface area contributed by atoms with E-state index in [0.29, 0.717) is 46.9 Å². The molecular formula is C24H23FN4O3. The summed E-state index contributed by atoms with van der Waals surface area (Å²) in [5.74, 6) is 0.263. The number of fused-ring (bicyclic) bond motifs is 1. The van der Waals surface area contributed by atoms with Crippen molar-refractivity contribution in [1.82, 2.24) is 19.9 Å². The Hall–Kier alpha value is -3.52. The molecule has 0 unspecified atom stereocenters. The van der Waals surface area contributed by atoms with Crippen LogP contribution in [-0.2, 0) is 6.54 Å². The van der Waals surface area contributed by atoms with Gasteiger partial charge >= 0.3 is 0 Å². The Balaban J connectivity index is 1.38. The van der Waals surface area contributed by atoms with E-state index in [-0.39, 0.29) is 11.7 Å². The van der Waals surface area contributed by atoms with Crippen LogP contribution in [-0.4, -0.2) is 52.0 Å². The van der Waals surface area contributed by atoms with Gasteiger partial charge in [0.15, 0.2) is 5.76 Å². The maximum absolute atomic E-state index is 13.6. The third-order valence-corrected chi connectivity index (χ3v) is 5.82. The van der Waals surface area contributed by atoms with Crippen LogP contribution in [0.4, 0.5) is 4.39 Å². The van der Waals surface area contributed by atoms with E-state index in [2.05, 4.69) is 15.0 Å². The van der Waals surface area contributed by atoms with Crippen LogP contribution >= 0.6 is 0 Å². The number of pyridine rings is 1. The maximum Gasteiger partial charge on any atom is 0.259 e. The van der Waals surface area contributed by atoms with Gasteiger partial charge in [0.2, 0.25) is 0 Å². The molecule has 0 radical (unpaired) electrons. The van der Waals surface area contributed by atoms with E-state index < -0.39 is 0 Å². The Kier molecular flexibility index (Phi) is 5.45. The second-order valence-electron chi connectivity index (χ2n) is 8.03. The van der Waals surface area contributed by atoms with Crippen molar-refractivity contribution in [1.29, 1.82) is 0 Å². The number of carbonyl (C=O) groups is 1. The molecule has 4 aromatic rings. The van der Waals surface area contributed by atoms with Gasteiger partial charge in [-0.2, -0.15) is 0 Å². The fraction of sp³-hybridized carbons (Fsp3) is 0.292. The zero-order valence-corrected chi connectivity index (χ0v) is 17.8. The van der Waals surface area contributed by atoms with Crippen molar-refractivity contribution in [2.75, 3.05) is 26.2 Å². The number of nitrogens with zero attached hydrogens (tertiary/aromatic N) is 4. The van der Waals surface area contributed by atoms with Gasteiger partial charge in [0.1, 0.15) is 11.5 Å². The van der Waals surface area contributed by atoms with Crippen LogP contribution < -0.4 is 0 Å². The summed E-state index contributed by atoms with van der Waals surface area (Å²) in [4.78, 5) is 22.2. The molecule has 0 spiro atoms. The number of hydrogen-bond acceptors (Lipinski definition) is 6. The van der Waals surface area contributed by atoms with Crippen molar-refractivity contribution < 1.29 is 18.1 Å². The molecule has 5 rings (SSSR count). The molecule has 1 aliphatic rings. The van der Waals surface area contributed by atoms with Crippen molar-refractivity contribution in [2.24, 2.45) is 0 Å². The van der Waals surface area contributed by atoms with Gasteiger partial charge in [-0.1, -0.05) is 17.3 Å². The molecule has 1 aliphatic heterocycles. The number of benzene rings is 1. The van der Waals surface area contributed by atoms with Crippen molar-refractivity contribution in [3.63, 3.8) is 0 Å². The summed E-state index contributed by atoms with van der Waals surface area (Å²) in [5, 5.41) is 4.65. The molecule has 3 aromatic heterocycles. The number of amides is 1. The normalized spacial score (nSPS) is 15.2. The van der Waals surface area contributed by atoms with Gasteiger partial charge in [-0.15, -0.1) is 0 Å². The van der Waals surface area contributed by atoms with E-state index in [0.717, 1.165) is 31.6 Å². The van der Waals surface area contributed by atoms with Gasteiger partial charge in [0, 0.05) is 32.7 Å². The van der Waals surface area contributed by atoms with Crippen LogP contribution in [0.15, 0.2) is 57.7 Å². The zero-order chi connectivity index (χ0) is 22.1. The molecule has 1 amide bonds. The lowest BCUT2D eigenvalue weighted by atomic mass is 10.1. The number of aromatic nitrogens is 2. The molecule has 0 saturated carbocycles. The minimum absolute atomic E-state index is 0.0693. The summed E-state index contributed by atoms with van der Waals surface area (Å²) in [7, 11) is 0. The predicted molar refractivity (Wildman–Crippen MR) is 116 cm³/mol. The van der Waals surface area contributed by atoms with Gasteiger partial charge < -0.3 is 13.8 Å². The van der Waals surface area contributed by atoms with Crippen molar-refractivity contribution in [2.45, 2.75) is 19.9 Å². The molecule has 4 heterocycles. The first-order chi connectivity index (χ1) is 15.6. The van der Waals surface area contributed by atoms with Crippen LogP contribution in [0.2, 0.25) is 0 Å². The lowest BCUT2D eigenvalue weighted by molar-refractivity contribution is 0.0763. The Morgan fingerprint density at radius 3 is 2.75 bits per heavy atom. The van der Waals surface area contributed by atoms with Gasteiger partial charge in [0.05, 0.1) is 22.9 Å². The lowest BCUT2D eigenvalue weighted by Crippen LogP contribution is -2.35. The number of halogens is 1. The SMILES string of the molecule is Cc1noc2nc(-c3ccco3)cc(C(=O)N3CCCN(Cc4ccc(F)cc4)CC3)c12. The van der Waals surface area contributed by atoms with Gasteiger partial charge in [0.25, 0.3) is 11.6 Å². The summed E-state index contributed by atoms with van der Waals surface area (Å²) >= 11 is 0. The fourth-order valence-corrected chi connectivity index (χ4v) is 4.16. The van der Waals surface area contributed by atoms with Crippen LogP contribution in [0.3, 0.4) is 0 Å². The maximum atomic E-state index is 13.6. The lowest BCUT2D eigenvalue weighted by Gasteiger charge is -2.22. The predicted octanol–water partition coefficient (Wildman–Crippen LogP) is 4.28. The highest BCUT2D eigenvalue weighted by molar-refractivity contribution is 6.06. The molecule has 7 nitrogen and oxygen atoms in total. The van der Waals surface area contributed by atoms with Crippen LogP contribution in [0.25, 0.3) is 22.6 Å². The fourth-order valence-electron chi connectivity index (χ4n) is 4.16. The Morgan fingerprint density at radius 1 is 1.12 bits per heavy atom. The molecule has 0 atom stereocenters. The molecule has 1 fully saturated rings. The number of aryl methyl sites for hydroxylation is 1. The van der Waals surface area contributed by atoms with Crippen LogP contribution in [0, 0.1) is 12.7 Å². The van der Waals surface area contributed by atoms with Crippen molar-refractivity contribution in [3.05, 3.63) is 71.4 Å². The van der Waals surface area contributed by atoms with E-state index in [1.165, 1.54) is 12.1 Å². The number of hydrogen-bond donors (Lipinski definition) is 0. The summed E-state index contributed by atoms with van der Waals surface area (Å²) in [6.07, 6.45) is 2.42. The summed E-state index contributed by atoms with van der Waals surface area (Å²) < 4.78 is 24.0. The van der Waals surface area contributed by atoms with E-state index in [1.807, 2.05) is 24.0 Å². The summed E-state index contributed by atoms with van der Waals surface area (Å²) in [5.41, 5.74) is 3.08. The molecule has 0 bridgehead atoms. The molecule has 164 valence electrons. The molecule has 32 heavy (non-hydrogen) atoms. The first-order valence-corrected chi connectivity index (χ1v) is 10.7. The van der Waals surface area contributed by atoms with E-state index in [1.54, 1.807) is 24.5 Å². The van der Waals surface area contributed by atoms with Gasteiger partial charge in [-0.25, -0.2) is 9.37 Å². The van der Waals surface area contributed by atoms with E-state index in [4.69, 9.17) is 8.94 Å². The Morgan fingerprint density at radius 2 is 1.97 bits per heavy atom. The molecule has 0 aliphatic carbocycles. The molecule has 8 heteroatoms. The zero-order valence-electron chi connectivity index (χ0n) is 17.8. The average molecular weight is 434 g/mol. The monoisotopic (exact) mass is 434 g/mol. The topological polar surface area (TPSA) is 75.6 Å². The number of furan rings is 1. The Labute approximate surface area is 184 Å². The second-order valence-corrected chi connectivity index (χ2v) is 8.03. The molecule has 1 aromatic carbocycles. The third-order valence-electron chi connectivity index (χ3n) is 5.82. The molecular weight excluding hydrogens is 411 g/mol. The quantitative estimate of drug-likeness (QED) is 0.477. The number of carbonyl (C=O) groups excluding carboxylic acids is 1. The third kappa shape index (κ3) is 4.01. The highest BCUT2D eigenvalue weighted by atomic mass is 19.1. The second kappa shape index (κ2) is 8.55. The molecule has 1 saturated heterocycles. The van der Waals surface area contributed by atoms with Gasteiger partial charge in [-0.05, 0) is 49.2 Å². The average Bonchev–Trinajstić information content (AvgIpc) is 3.40. The van der Waals surface area contributed by atoms with Crippen molar-refractivity contribution in [3.8, 4) is 11.5 Å². The van der Waals surface area contributed by atoms with Crippen LogP contribution in [0.5, 0.6) is 0 Å². The van der Waals surface area contributed by atoms with E-state index in [9.17, 15) is 9.18 Å². The summed E-state index contributed by atoms with van der Waals surface area (Å²) in [6, 6.07) is 11.9. The largest absolute Gasteiger partial charge is 0.463 e. The number of rotatable bonds is 4. The van der Waals surface area contributed by atoms with Crippen molar-refractivity contribution >= 4 is 17.0 Å². The Bertz CT molecular complexity index is 1230. The van der Waals surface area contributed by atoms with Crippen LogP contribution in [0.1, 0.15) is 28.0 Å². The minimum Gasteiger partial charge on any atom is -0.463 e. The standard InChI is InChI=1S/C24H23FN4O3/c1-16-22-19(14-20(21-4-2-13-31-21)26-23(22)32-27-16)24(30)29-10-3-9-28(11-12-29)15-17-5-7-18(25)8-6-17/h2,4-8,13-14H,3,9-12,15H2,1H3. The smallest absolute Gasteiger partial charge is 0.259 e. The molecule has 0 N–H and O–H groups in total. The first-order valence-electron chi connectivity index (χ1n) is 10.7. The summed E-state index contributed by atoms with van der Waals surface area (Å²) in [6.45, 7) is 5.41.